The molecular formula is C16H20N4O3. The molecule has 7 heteroatoms. The van der Waals surface area contributed by atoms with Crippen molar-refractivity contribution < 1.29 is 14.3 Å². The third kappa shape index (κ3) is 4.65. The Morgan fingerprint density at radius 1 is 1.22 bits per heavy atom. The summed E-state index contributed by atoms with van der Waals surface area (Å²) in [5.74, 6) is 0.839. The summed E-state index contributed by atoms with van der Waals surface area (Å²) in [6.45, 7) is 3.13. The number of aryl methyl sites for hydroxylation is 1. The minimum absolute atomic E-state index is 0.228. The summed E-state index contributed by atoms with van der Waals surface area (Å²) < 4.78 is 10.2. The van der Waals surface area contributed by atoms with E-state index in [9.17, 15) is 4.79 Å². The van der Waals surface area contributed by atoms with Gasteiger partial charge in [0.1, 0.15) is 17.3 Å². The summed E-state index contributed by atoms with van der Waals surface area (Å²) >= 11 is 0. The van der Waals surface area contributed by atoms with Gasteiger partial charge in [-0.2, -0.15) is 0 Å². The molecule has 1 aromatic carbocycles. The monoisotopic (exact) mass is 316 g/mol. The first-order chi connectivity index (χ1) is 11.1. The topological polar surface area (TPSA) is 85.4 Å². The SMILES string of the molecule is COCCNc1cnc(C(=O)Nc2cc(C)ccc2OC)cn1. The molecule has 7 nitrogen and oxygen atoms in total. The van der Waals surface area contributed by atoms with Crippen molar-refractivity contribution in [1.29, 1.82) is 0 Å². The van der Waals surface area contributed by atoms with Crippen molar-refractivity contribution >= 4 is 17.4 Å². The summed E-state index contributed by atoms with van der Waals surface area (Å²) in [7, 11) is 3.18. The van der Waals surface area contributed by atoms with Gasteiger partial charge in [-0.1, -0.05) is 6.07 Å². The molecular weight excluding hydrogens is 296 g/mol. The maximum Gasteiger partial charge on any atom is 0.275 e. The largest absolute Gasteiger partial charge is 0.495 e. The number of carbonyl (C=O) groups is 1. The van der Waals surface area contributed by atoms with Gasteiger partial charge in [0.2, 0.25) is 0 Å². The molecule has 0 aliphatic carbocycles. The second kappa shape index (κ2) is 8.09. The number of hydrogen-bond donors (Lipinski definition) is 2. The van der Waals surface area contributed by atoms with Gasteiger partial charge in [0.25, 0.3) is 5.91 Å². The fourth-order valence-corrected chi connectivity index (χ4v) is 1.92. The zero-order valence-corrected chi connectivity index (χ0v) is 13.4. The van der Waals surface area contributed by atoms with Gasteiger partial charge < -0.3 is 20.1 Å². The number of nitrogens with zero attached hydrogens (tertiary/aromatic N) is 2. The van der Waals surface area contributed by atoms with E-state index in [1.807, 2.05) is 19.1 Å². The lowest BCUT2D eigenvalue weighted by atomic mass is 10.2. The Balaban J connectivity index is 2.05. The lowest BCUT2D eigenvalue weighted by Gasteiger charge is -2.11. The highest BCUT2D eigenvalue weighted by Gasteiger charge is 2.11. The van der Waals surface area contributed by atoms with Crippen LogP contribution in [0.4, 0.5) is 11.5 Å². The molecule has 1 aromatic heterocycles. The van der Waals surface area contributed by atoms with Crippen molar-refractivity contribution in [1.82, 2.24) is 9.97 Å². The molecule has 2 N–H and O–H groups in total. The van der Waals surface area contributed by atoms with E-state index in [0.29, 0.717) is 30.4 Å². The first kappa shape index (κ1) is 16.7. The predicted molar refractivity (Wildman–Crippen MR) is 88.1 cm³/mol. The van der Waals surface area contributed by atoms with Crippen molar-refractivity contribution in [3.05, 3.63) is 41.9 Å². The molecule has 2 rings (SSSR count). The molecule has 1 heterocycles. The van der Waals surface area contributed by atoms with E-state index in [2.05, 4.69) is 20.6 Å². The van der Waals surface area contributed by atoms with Crippen molar-refractivity contribution in [2.45, 2.75) is 6.92 Å². The minimum Gasteiger partial charge on any atom is -0.495 e. The smallest absolute Gasteiger partial charge is 0.275 e. The average Bonchev–Trinajstić information content (AvgIpc) is 2.56. The van der Waals surface area contributed by atoms with Crippen molar-refractivity contribution in [3.8, 4) is 5.75 Å². The molecule has 0 bridgehead atoms. The number of anilines is 2. The van der Waals surface area contributed by atoms with Crippen LogP contribution in [0.5, 0.6) is 5.75 Å². The molecule has 0 fully saturated rings. The van der Waals surface area contributed by atoms with E-state index < -0.39 is 0 Å². The van der Waals surface area contributed by atoms with E-state index in [-0.39, 0.29) is 11.6 Å². The van der Waals surface area contributed by atoms with Crippen LogP contribution in [0.15, 0.2) is 30.6 Å². The number of aromatic nitrogens is 2. The molecule has 1 amide bonds. The summed E-state index contributed by atoms with van der Waals surface area (Å²) in [6, 6.07) is 5.55. The summed E-state index contributed by atoms with van der Waals surface area (Å²) in [5, 5.41) is 5.82. The number of amides is 1. The van der Waals surface area contributed by atoms with E-state index in [1.54, 1.807) is 20.3 Å². The van der Waals surface area contributed by atoms with Gasteiger partial charge in [-0.25, -0.2) is 9.97 Å². The van der Waals surface area contributed by atoms with Crippen LogP contribution in [-0.4, -0.2) is 43.2 Å². The number of rotatable bonds is 7. The van der Waals surface area contributed by atoms with Crippen LogP contribution in [0.2, 0.25) is 0 Å². The first-order valence-electron chi connectivity index (χ1n) is 7.15. The predicted octanol–water partition coefficient (Wildman–Crippen LogP) is 2.10. The highest BCUT2D eigenvalue weighted by molar-refractivity contribution is 6.03. The van der Waals surface area contributed by atoms with Gasteiger partial charge >= 0.3 is 0 Å². The zero-order valence-electron chi connectivity index (χ0n) is 13.4. The molecule has 122 valence electrons. The van der Waals surface area contributed by atoms with Gasteiger partial charge in [-0.15, -0.1) is 0 Å². The number of carbonyl (C=O) groups excluding carboxylic acids is 1. The quantitative estimate of drug-likeness (QED) is 0.761. The fraction of sp³-hybridized carbons (Fsp3) is 0.312. The Bertz CT molecular complexity index is 659. The van der Waals surface area contributed by atoms with Gasteiger partial charge in [0, 0.05) is 13.7 Å². The minimum atomic E-state index is -0.343. The Morgan fingerprint density at radius 2 is 2.04 bits per heavy atom. The van der Waals surface area contributed by atoms with Crippen LogP contribution in [0.25, 0.3) is 0 Å². The highest BCUT2D eigenvalue weighted by atomic mass is 16.5. The van der Waals surface area contributed by atoms with E-state index >= 15 is 0 Å². The molecule has 0 aliphatic rings. The summed E-state index contributed by atoms with van der Waals surface area (Å²) in [4.78, 5) is 20.5. The molecule has 0 spiro atoms. The molecule has 0 unspecified atom stereocenters. The summed E-state index contributed by atoms with van der Waals surface area (Å²) in [6.07, 6.45) is 2.94. The summed E-state index contributed by atoms with van der Waals surface area (Å²) in [5.41, 5.74) is 1.84. The maximum absolute atomic E-state index is 12.3. The van der Waals surface area contributed by atoms with Crippen molar-refractivity contribution in [3.63, 3.8) is 0 Å². The number of nitrogens with one attached hydrogen (secondary N) is 2. The van der Waals surface area contributed by atoms with Crippen LogP contribution < -0.4 is 15.4 Å². The van der Waals surface area contributed by atoms with Crippen molar-refractivity contribution in [2.75, 3.05) is 38.0 Å². The van der Waals surface area contributed by atoms with Gasteiger partial charge in [-0.05, 0) is 24.6 Å². The zero-order chi connectivity index (χ0) is 16.7. The normalized spacial score (nSPS) is 10.2. The van der Waals surface area contributed by atoms with Crippen LogP contribution >= 0.6 is 0 Å². The average molecular weight is 316 g/mol. The van der Waals surface area contributed by atoms with Crippen molar-refractivity contribution in [2.24, 2.45) is 0 Å². The number of benzene rings is 1. The molecule has 0 radical (unpaired) electrons. The van der Waals surface area contributed by atoms with Crippen LogP contribution in [0.1, 0.15) is 16.1 Å². The Morgan fingerprint density at radius 3 is 2.70 bits per heavy atom. The Kier molecular flexibility index (Phi) is 5.87. The third-order valence-electron chi connectivity index (χ3n) is 3.10. The molecule has 0 saturated heterocycles. The lowest BCUT2D eigenvalue weighted by molar-refractivity contribution is 0.102. The highest BCUT2D eigenvalue weighted by Crippen LogP contribution is 2.25. The molecule has 0 atom stereocenters. The second-order valence-electron chi connectivity index (χ2n) is 4.86. The molecule has 23 heavy (non-hydrogen) atoms. The maximum atomic E-state index is 12.3. The molecule has 0 aliphatic heterocycles. The van der Waals surface area contributed by atoms with E-state index in [4.69, 9.17) is 9.47 Å². The van der Waals surface area contributed by atoms with Gasteiger partial charge in [0.05, 0.1) is 31.8 Å². The van der Waals surface area contributed by atoms with Crippen LogP contribution in [-0.2, 0) is 4.74 Å². The fourth-order valence-electron chi connectivity index (χ4n) is 1.92. The van der Waals surface area contributed by atoms with Crippen LogP contribution in [0.3, 0.4) is 0 Å². The number of ether oxygens (including phenoxy) is 2. The first-order valence-corrected chi connectivity index (χ1v) is 7.15. The second-order valence-corrected chi connectivity index (χ2v) is 4.86. The lowest BCUT2D eigenvalue weighted by Crippen LogP contribution is -2.16. The Labute approximate surface area is 135 Å². The van der Waals surface area contributed by atoms with Crippen LogP contribution in [0, 0.1) is 6.92 Å². The van der Waals surface area contributed by atoms with E-state index in [1.165, 1.54) is 12.4 Å². The standard InChI is InChI=1S/C16H20N4O3/c1-11-4-5-14(23-3)12(8-11)20-16(21)13-9-19-15(10-18-13)17-6-7-22-2/h4-5,8-10H,6-7H2,1-3H3,(H,17,19)(H,20,21). The van der Waals surface area contributed by atoms with Gasteiger partial charge in [-0.3, -0.25) is 4.79 Å². The third-order valence-corrected chi connectivity index (χ3v) is 3.10. The number of hydrogen-bond acceptors (Lipinski definition) is 6. The van der Waals surface area contributed by atoms with Gasteiger partial charge in [0.15, 0.2) is 0 Å². The molecule has 0 saturated carbocycles. The Hall–Kier alpha value is -2.67. The number of methoxy groups -OCH3 is 2. The molecule has 2 aromatic rings. The van der Waals surface area contributed by atoms with E-state index in [0.717, 1.165) is 5.56 Å².